The molecule has 2 aromatic rings. The Hall–Kier alpha value is -2.07. The number of hydrazone groups is 1. The van der Waals surface area contributed by atoms with Crippen LogP contribution in [0.3, 0.4) is 0 Å². The fourth-order valence-corrected chi connectivity index (χ4v) is 6.19. The molecule has 2 aromatic heterocycles. The van der Waals surface area contributed by atoms with E-state index in [4.69, 9.17) is 5.10 Å². The van der Waals surface area contributed by atoms with Gasteiger partial charge in [-0.15, -0.1) is 22.7 Å². The molecule has 170 valence electrons. The molecule has 0 N–H and O–H groups in total. The van der Waals surface area contributed by atoms with Crippen molar-refractivity contribution in [1.29, 1.82) is 0 Å². The van der Waals surface area contributed by atoms with Crippen LogP contribution in [0.25, 0.3) is 0 Å². The summed E-state index contributed by atoms with van der Waals surface area (Å²) in [6.45, 7) is 5.94. The summed E-state index contributed by atoms with van der Waals surface area (Å²) in [5, 5.41) is 10.6. The molecule has 3 aliphatic rings. The third kappa shape index (κ3) is 4.80. The van der Waals surface area contributed by atoms with Gasteiger partial charge in [-0.25, -0.2) is 5.01 Å². The lowest BCUT2D eigenvalue weighted by Gasteiger charge is -2.35. The standard InChI is InChI=1S/C23H29N5O2S2/c29-22(27-7-1-2-8-27)16-25-9-11-26(12-10-25)17-23(30)28-19(21-6-4-14-32-21)15-18(24-28)20-5-3-13-31-20/h3-6,13-14,19H,1-2,7-12,15-17H2. The summed E-state index contributed by atoms with van der Waals surface area (Å²) in [5.41, 5.74) is 0.997. The summed E-state index contributed by atoms with van der Waals surface area (Å²) in [7, 11) is 0. The van der Waals surface area contributed by atoms with Crippen LogP contribution in [0.4, 0.5) is 0 Å². The number of hydrogen-bond donors (Lipinski definition) is 0. The van der Waals surface area contributed by atoms with Crippen LogP contribution < -0.4 is 0 Å². The van der Waals surface area contributed by atoms with Gasteiger partial charge in [-0.05, 0) is 35.7 Å². The number of carbonyl (C=O) groups excluding carboxylic acids is 2. The van der Waals surface area contributed by atoms with Gasteiger partial charge in [-0.3, -0.25) is 19.4 Å². The molecule has 0 saturated carbocycles. The van der Waals surface area contributed by atoms with E-state index in [1.165, 1.54) is 4.88 Å². The monoisotopic (exact) mass is 471 g/mol. The van der Waals surface area contributed by atoms with Crippen molar-refractivity contribution in [2.24, 2.45) is 5.10 Å². The highest BCUT2D eigenvalue weighted by Crippen LogP contribution is 2.36. The molecule has 0 bridgehead atoms. The zero-order valence-electron chi connectivity index (χ0n) is 18.2. The highest BCUT2D eigenvalue weighted by atomic mass is 32.1. The van der Waals surface area contributed by atoms with Crippen LogP contribution in [-0.4, -0.2) is 89.6 Å². The number of thiophene rings is 2. The van der Waals surface area contributed by atoms with Gasteiger partial charge < -0.3 is 4.90 Å². The van der Waals surface area contributed by atoms with E-state index in [0.29, 0.717) is 13.1 Å². The molecule has 0 aromatic carbocycles. The second-order valence-corrected chi connectivity index (χ2v) is 10.6. The first kappa shape index (κ1) is 21.8. The van der Waals surface area contributed by atoms with Gasteiger partial charge in [0.15, 0.2) is 0 Å². The summed E-state index contributed by atoms with van der Waals surface area (Å²) in [4.78, 5) is 34.4. The number of amides is 2. The summed E-state index contributed by atoms with van der Waals surface area (Å²) in [6.07, 6.45) is 3.02. The largest absolute Gasteiger partial charge is 0.342 e. The molecular weight excluding hydrogens is 442 g/mol. The SMILES string of the molecule is O=C(CN1CCN(CC(=O)N2N=C(c3cccs3)CC2c2cccs2)CC1)N1CCCC1. The first-order chi connectivity index (χ1) is 15.7. The molecule has 0 spiro atoms. The minimum Gasteiger partial charge on any atom is -0.342 e. The summed E-state index contributed by atoms with van der Waals surface area (Å²) >= 11 is 3.35. The van der Waals surface area contributed by atoms with Crippen molar-refractivity contribution in [2.45, 2.75) is 25.3 Å². The molecule has 3 aliphatic heterocycles. The van der Waals surface area contributed by atoms with Crippen LogP contribution in [0.15, 0.2) is 40.1 Å². The van der Waals surface area contributed by atoms with Crippen molar-refractivity contribution >= 4 is 40.2 Å². The molecule has 9 heteroatoms. The Kier molecular flexibility index (Phi) is 6.68. The lowest BCUT2D eigenvalue weighted by Crippen LogP contribution is -2.51. The van der Waals surface area contributed by atoms with Gasteiger partial charge in [-0.1, -0.05) is 12.1 Å². The molecule has 0 radical (unpaired) electrons. The maximum absolute atomic E-state index is 13.3. The third-order valence-corrected chi connectivity index (χ3v) is 8.38. The van der Waals surface area contributed by atoms with Crippen LogP contribution in [0, 0.1) is 0 Å². The first-order valence-electron chi connectivity index (χ1n) is 11.4. The van der Waals surface area contributed by atoms with Gasteiger partial charge in [0.2, 0.25) is 5.91 Å². The lowest BCUT2D eigenvalue weighted by molar-refractivity contribution is -0.136. The topological polar surface area (TPSA) is 59.5 Å². The molecule has 2 saturated heterocycles. The molecule has 1 atom stereocenters. The minimum absolute atomic E-state index is 0.0148. The Morgan fingerprint density at radius 3 is 2.16 bits per heavy atom. The molecular formula is C23H29N5O2S2. The number of nitrogens with zero attached hydrogens (tertiary/aromatic N) is 5. The number of rotatable bonds is 6. The van der Waals surface area contributed by atoms with E-state index in [1.54, 1.807) is 27.7 Å². The van der Waals surface area contributed by atoms with E-state index in [2.05, 4.69) is 32.7 Å². The van der Waals surface area contributed by atoms with Gasteiger partial charge in [-0.2, -0.15) is 5.10 Å². The first-order valence-corrected chi connectivity index (χ1v) is 13.1. The molecule has 0 aliphatic carbocycles. The molecule has 7 nitrogen and oxygen atoms in total. The van der Waals surface area contributed by atoms with Gasteiger partial charge in [0, 0.05) is 50.6 Å². The molecule has 1 unspecified atom stereocenters. The van der Waals surface area contributed by atoms with Crippen LogP contribution in [0.2, 0.25) is 0 Å². The summed E-state index contributed by atoms with van der Waals surface area (Å²) < 4.78 is 0. The van der Waals surface area contributed by atoms with Crippen molar-refractivity contribution in [3.05, 3.63) is 44.8 Å². The second kappa shape index (κ2) is 9.82. The Balaban J connectivity index is 1.18. The maximum atomic E-state index is 13.3. The Morgan fingerprint density at radius 1 is 0.875 bits per heavy atom. The van der Waals surface area contributed by atoms with E-state index in [-0.39, 0.29) is 17.9 Å². The van der Waals surface area contributed by atoms with Gasteiger partial charge >= 0.3 is 0 Å². The van der Waals surface area contributed by atoms with E-state index < -0.39 is 0 Å². The Labute approximate surface area is 196 Å². The molecule has 5 heterocycles. The number of piperazine rings is 1. The van der Waals surface area contributed by atoms with Crippen LogP contribution in [0.1, 0.15) is 35.1 Å². The van der Waals surface area contributed by atoms with Crippen LogP contribution in [-0.2, 0) is 9.59 Å². The van der Waals surface area contributed by atoms with Crippen molar-refractivity contribution < 1.29 is 9.59 Å². The highest BCUT2D eigenvalue weighted by molar-refractivity contribution is 7.12. The van der Waals surface area contributed by atoms with Crippen LogP contribution >= 0.6 is 22.7 Å². The van der Waals surface area contributed by atoms with Gasteiger partial charge in [0.25, 0.3) is 5.91 Å². The molecule has 2 amide bonds. The predicted octanol–water partition coefficient (Wildman–Crippen LogP) is 2.73. The molecule has 2 fully saturated rings. The quantitative estimate of drug-likeness (QED) is 0.650. The Morgan fingerprint density at radius 2 is 1.53 bits per heavy atom. The zero-order valence-corrected chi connectivity index (χ0v) is 19.8. The number of likely N-dealkylation sites (tertiary alicyclic amines) is 1. The van der Waals surface area contributed by atoms with Crippen molar-refractivity contribution in [3.8, 4) is 0 Å². The predicted molar refractivity (Wildman–Crippen MR) is 128 cm³/mol. The fraction of sp³-hybridized carbons (Fsp3) is 0.522. The second-order valence-electron chi connectivity index (χ2n) is 8.64. The third-order valence-electron chi connectivity index (χ3n) is 6.48. The summed E-state index contributed by atoms with van der Waals surface area (Å²) in [6, 6.07) is 8.22. The normalized spacial score (nSPS) is 22.5. The molecule has 32 heavy (non-hydrogen) atoms. The zero-order chi connectivity index (χ0) is 21.9. The van der Waals surface area contributed by atoms with E-state index in [0.717, 1.165) is 69.1 Å². The summed E-state index contributed by atoms with van der Waals surface area (Å²) in [5.74, 6) is 0.301. The lowest BCUT2D eigenvalue weighted by atomic mass is 10.1. The Bertz CT molecular complexity index is 945. The minimum atomic E-state index is -0.0148. The number of hydrogen-bond acceptors (Lipinski definition) is 7. The van der Waals surface area contributed by atoms with Crippen molar-refractivity contribution in [1.82, 2.24) is 19.7 Å². The van der Waals surface area contributed by atoms with Gasteiger partial charge in [0.05, 0.1) is 29.7 Å². The van der Waals surface area contributed by atoms with Crippen molar-refractivity contribution in [3.63, 3.8) is 0 Å². The van der Waals surface area contributed by atoms with Crippen LogP contribution in [0.5, 0.6) is 0 Å². The smallest absolute Gasteiger partial charge is 0.257 e. The number of carbonyl (C=O) groups is 2. The van der Waals surface area contributed by atoms with Gasteiger partial charge in [0.1, 0.15) is 0 Å². The highest BCUT2D eigenvalue weighted by Gasteiger charge is 2.35. The average Bonchev–Trinajstić information content (AvgIpc) is 3.61. The van der Waals surface area contributed by atoms with E-state index >= 15 is 0 Å². The fourth-order valence-electron chi connectivity index (χ4n) is 4.66. The molecule has 5 rings (SSSR count). The average molecular weight is 472 g/mol. The van der Waals surface area contributed by atoms with Crippen molar-refractivity contribution in [2.75, 3.05) is 52.4 Å². The van der Waals surface area contributed by atoms with E-state index in [9.17, 15) is 9.59 Å². The van der Waals surface area contributed by atoms with E-state index in [1.807, 2.05) is 17.0 Å². The maximum Gasteiger partial charge on any atom is 0.257 e.